The molecule has 1 aliphatic rings. The summed E-state index contributed by atoms with van der Waals surface area (Å²) < 4.78 is 11.7. The molecule has 136 valence electrons. The Morgan fingerprint density at radius 1 is 0.889 bits per heavy atom. The van der Waals surface area contributed by atoms with E-state index in [1.807, 2.05) is 83.8 Å². The number of morpholine rings is 1. The second-order valence-corrected chi connectivity index (χ2v) is 6.46. The highest BCUT2D eigenvalue weighted by Crippen LogP contribution is 2.25. The first-order valence-electron chi connectivity index (χ1n) is 9.08. The van der Waals surface area contributed by atoms with E-state index in [0.29, 0.717) is 31.0 Å². The summed E-state index contributed by atoms with van der Waals surface area (Å²) in [6.45, 7) is 1.67. The molecule has 1 aliphatic heterocycles. The smallest absolute Gasteiger partial charge is 0.254 e. The van der Waals surface area contributed by atoms with Crippen LogP contribution in [0.1, 0.15) is 22.0 Å². The first-order valence-corrected chi connectivity index (χ1v) is 9.08. The van der Waals surface area contributed by atoms with Crippen LogP contribution in [-0.2, 0) is 4.74 Å². The zero-order chi connectivity index (χ0) is 18.5. The minimum atomic E-state index is -0.0901. The molecule has 4 nitrogen and oxygen atoms in total. The molecular weight excluding hydrogens is 338 g/mol. The SMILES string of the molecule is O=C(c1cccc(Oc2ccccc2)c1)N1CCO[C@H](c2ccccc2)C1. The van der Waals surface area contributed by atoms with Gasteiger partial charge >= 0.3 is 0 Å². The first-order chi connectivity index (χ1) is 13.3. The monoisotopic (exact) mass is 359 g/mol. The third kappa shape index (κ3) is 4.18. The van der Waals surface area contributed by atoms with Gasteiger partial charge in [0.15, 0.2) is 0 Å². The van der Waals surface area contributed by atoms with Gasteiger partial charge in [-0.1, -0.05) is 54.6 Å². The van der Waals surface area contributed by atoms with E-state index in [2.05, 4.69) is 0 Å². The average Bonchev–Trinajstić information content (AvgIpc) is 2.75. The number of amides is 1. The van der Waals surface area contributed by atoms with Gasteiger partial charge in [0.2, 0.25) is 0 Å². The Balaban J connectivity index is 1.48. The van der Waals surface area contributed by atoms with Crippen molar-refractivity contribution in [3.63, 3.8) is 0 Å². The summed E-state index contributed by atoms with van der Waals surface area (Å²) in [6.07, 6.45) is -0.0901. The molecule has 1 saturated heterocycles. The molecule has 27 heavy (non-hydrogen) atoms. The van der Waals surface area contributed by atoms with Gasteiger partial charge in [-0.25, -0.2) is 0 Å². The second-order valence-electron chi connectivity index (χ2n) is 6.46. The van der Waals surface area contributed by atoms with Crippen LogP contribution >= 0.6 is 0 Å². The molecule has 0 radical (unpaired) electrons. The molecule has 0 aliphatic carbocycles. The van der Waals surface area contributed by atoms with Gasteiger partial charge in [0.25, 0.3) is 5.91 Å². The molecule has 0 unspecified atom stereocenters. The fourth-order valence-corrected chi connectivity index (χ4v) is 3.20. The van der Waals surface area contributed by atoms with Crippen LogP contribution in [0.2, 0.25) is 0 Å². The van der Waals surface area contributed by atoms with Crippen LogP contribution in [0.25, 0.3) is 0 Å². The van der Waals surface area contributed by atoms with E-state index in [4.69, 9.17) is 9.47 Å². The molecule has 4 heteroatoms. The Hall–Kier alpha value is -3.11. The number of nitrogens with zero attached hydrogens (tertiary/aromatic N) is 1. The van der Waals surface area contributed by atoms with Crippen molar-refractivity contribution < 1.29 is 14.3 Å². The highest BCUT2D eigenvalue weighted by Gasteiger charge is 2.26. The second kappa shape index (κ2) is 8.06. The Morgan fingerprint density at radius 3 is 2.37 bits per heavy atom. The van der Waals surface area contributed by atoms with Gasteiger partial charge in [-0.15, -0.1) is 0 Å². The predicted octanol–water partition coefficient (Wildman–Crippen LogP) is 4.69. The summed E-state index contributed by atoms with van der Waals surface area (Å²) in [6, 6.07) is 26.9. The van der Waals surface area contributed by atoms with Gasteiger partial charge in [-0.2, -0.15) is 0 Å². The maximum Gasteiger partial charge on any atom is 0.254 e. The van der Waals surface area contributed by atoms with Crippen LogP contribution in [0.4, 0.5) is 0 Å². The Kier molecular flexibility index (Phi) is 5.17. The molecule has 1 heterocycles. The third-order valence-corrected chi connectivity index (χ3v) is 4.58. The van der Waals surface area contributed by atoms with Gasteiger partial charge in [0, 0.05) is 12.1 Å². The molecule has 0 aromatic heterocycles. The molecule has 3 aromatic carbocycles. The number of hydrogen-bond acceptors (Lipinski definition) is 3. The number of carbonyl (C=O) groups excluding carboxylic acids is 1. The molecule has 0 saturated carbocycles. The summed E-state index contributed by atoms with van der Waals surface area (Å²) in [7, 11) is 0. The lowest BCUT2D eigenvalue weighted by Crippen LogP contribution is -2.42. The van der Waals surface area contributed by atoms with Crippen LogP contribution in [0, 0.1) is 0 Å². The van der Waals surface area contributed by atoms with Crippen LogP contribution < -0.4 is 4.74 Å². The summed E-state index contributed by atoms with van der Waals surface area (Å²) in [5, 5.41) is 0. The number of benzene rings is 3. The topological polar surface area (TPSA) is 38.8 Å². The number of para-hydroxylation sites is 1. The molecular formula is C23H21NO3. The van der Waals surface area contributed by atoms with Gasteiger partial charge in [0.05, 0.1) is 13.2 Å². The summed E-state index contributed by atoms with van der Waals surface area (Å²) in [5.41, 5.74) is 1.72. The molecule has 1 amide bonds. The van der Waals surface area contributed by atoms with E-state index < -0.39 is 0 Å². The van der Waals surface area contributed by atoms with Gasteiger partial charge in [-0.05, 0) is 35.9 Å². The van der Waals surface area contributed by atoms with Crippen molar-refractivity contribution in [2.75, 3.05) is 19.7 Å². The van der Waals surface area contributed by atoms with E-state index in [-0.39, 0.29) is 12.0 Å². The lowest BCUT2D eigenvalue weighted by molar-refractivity contribution is -0.0228. The first kappa shape index (κ1) is 17.3. The summed E-state index contributed by atoms with van der Waals surface area (Å²) >= 11 is 0. The molecule has 0 bridgehead atoms. The van der Waals surface area contributed by atoms with Crippen molar-refractivity contribution in [1.82, 2.24) is 4.90 Å². The fourth-order valence-electron chi connectivity index (χ4n) is 3.20. The number of ether oxygens (including phenoxy) is 2. The Morgan fingerprint density at radius 2 is 1.59 bits per heavy atom. The number of rotatable bonds is 4. The molecule has 0 N–H and O–H groups in total. The van der Waals surface area contributed by atoms with Gasteiger partial charge in [-0.3, -0.25) is 4.79 Å². The summed E-state index contributed by atoms with van der Waals surface area (Å²) in [5.74, 6) is 1.40. The Bertz CT molecular complexity index is 896. The van der Waals surface area contributed by atoms with Crippen molar-refractivity contribution in [3.8, 4) is 11.5 Å². The van der Waals surface area contributed by atoms with Crippen molar-refractivity contribution in [3.05, 3.63) is 96.1 Å². The zero-order valence-electron chi connectivity index (χ0n) is 15.0. The lowest BCUT2D eigenvalue weighted by atomic mass is 10.1. The van der Waals surface area contributed by atoms with E-state index >= 15 is 0 Å². The number of carbonyl (C=O) groups is 1. The van der Waals surface area contributed by atoms with Crippen LogP contribution in [0.5, 0.6) is 11.5 Å². The van der Waals surface area contributed by atoms with E-state index in [0.717, 1.165) is 11.3 Å². The molecule has 1 atom stereocenters. The van der Waals surface area contributed by atoms with E-state index in [1.54, 1.807) is 6.07 Å². The maximum atomic E-state index is 13.0. The van der Waals surface area contributed by atoms with Crippen molar-refractivity contribution in [2.45, 2.75) is 6.10 Å². The van der Waals surface area contributed by atoms with Crippen LogP contribution in [-0.4, -0.2) is 30.5 Å². The van der Waals surface area contributed by atoms with Crippen molar-refractivity contribution in [1.29, 1.82) is 0 Å². The predicted molar refractivity (Wildman–Crippen MR) is 104 cm³/mol. The minimum absolute atomic E-state index is 0.00209. The normalized spacial score (nSPS) is 16.7. The largest absolute Gasteiger partial charge is 0.457 e. The lowest BCUT2D eigenvalue weighted by Gasteiger charge is -2.33. The highest BCUT2D eigenvalue weighted by molar-refractivity contribution is 5.94. The molecule has 1 fully saturated rings. The zero-order valence-corrected chi connectivity index (χ0v) is 15.0. The van der Waals surface area contributed by atoms with Gasteiger partial charge < -0.3 is 14.4 Å². The van der Waals surface area contributed by atoms with Crippen LogP contribution in [0.3, 0.4) is 0 Å². The minimum Gasteiger partial charge on any atom is -0.457 e. The average molecular weight is 359 g/mol. The van der Waals surface area contributed by atoms with Crippen molar-refractivity contribution in [2.24, 2.45) is 0 Å². The molecule has 3 aromatic rings. The van der Waals surface area contributed by atoms with Crippen molar-refractivity contribution >= 4 is 5.91 Å². The fraction of sp³-hybridized carbons (Fsp3) is 0.174. The molecule has 4 rings (SSSR count). The van der Waals surface area contributed by atoms with E-state index in [1.165, 1.54) is 0 Å². The summed E-state index contributed by atoms with van der Waals surface area (Å²) in [4.78, 5) is 14.8. The van der Waals surface area contributed by atoms with Gasteiger partial charge in [0.1, 0.15) is 17.6 Å². The number of hydrogen-bond donors (Lipinski definition) is 0. The van der Waals surface area contributed by atoms with E-state index in [9.17, 15) is 4.79 Å². The van der Waals surface area contributed by atoms with Crippen LogP contribution in [0.15, 0.2) is 84.9 Å². The Labute approximate surface area is 159 Å². The molecule has 0 spiro atoms. The standard InChI is InChI=1S/C23H21NO3/c25-23(24-14-15-26-22(17-24)18-8-3-1-4-9-18)19-10-7-13-21(16-19)27-20-11-5-2-6-12-20/h1-13,16,22H,14-15,17H2/t22-/m0/s1. The highest BCUT2D eigenvalue weighted by atomic mass is 16.5. The maximum absolute atomic E-state index is 13.0. The quantitative estimate of drug-likeness (QED) is 0.678. The third-order valence-electron chi connectivity index (χ3n) is 4.58.